The second kappa shape index (κ2) is 8.27. The van der Waals surface area contributed by atoms with E-state index in [1.807, 2.05) is 49.4 Å². The fraction of sp³-hybridized carbons (Fsp3) is 0.190. The highest BCUT2D eigenvalue weighted by Gasteiger charge is 2.19. The molecule has 0 fully saturated rings. The van der Waals surface area contributed by atoms with Crippen LogP contribution < -0.4 is 21.9 Å². The van der Waals surface area contributed by atoms with Crippen LogP contribution in [0.15, 0.2) is 64.2 Å². The lowest BCUT2D eigenvalue weighted by atomic mass is 10.1. The summed E-state index contributed by atoms with van der Waals surface area (Å²) >= 11 is 0. The third kappa shape index (κ3) is 3.81. The van der Waals surface area contributed by atoms with Gasteiger partial charge in [0.2, 0.25) is 0 Å². The number of anilines is 2. The van der Waals surface area contributed by atoms with Crippen molar-refractivity contribution in [3.05, 3.63) is 92.1 Å². The highest BCUT2D eigenvalue weighted by Crippen LogP contribution is 2.21. The molecule has 3 N–H and O–H groups in total. The summed E-state index contributed by atoms with van der Waals surface area (Å²) in [5, 5.41) is 9.32. The Morgan fingerprint density at radius 2 is 1.79 bits per heavy atom. The van der Waals surface area contributed by atoms with E-state index in [1.165, 1.54) is 4.57 Å². The van der Waals surface area contributed by atoms with E-state index in [0.29, 0.717) is 18.7 Å². The van der Waals surface area contributed by atoms with Gasteiger partial charge in [-0.1, -0.05) is 48.5 Å². The highest BCUT2D eigenvalue weighted by molar-refractivity contribution is 5.63. The molecule has 7 nitrogen and oxygen atoms in total. The van der Waals surface area contributed by atoms with E-state index < -0.39 is 11.2 Å². The quantitative estimate of drug-likeness (QED) is 0.686. The first-order chi connectivity index (χ1) is 13.5. The number of aromatic amines is 1. The molecular formula is C21H21N5O2. The molecule has 0 aliphatic heterocycles. The predicted molar refractivity (Wildman–Crippen MR) is 109 cm³/mol. The molecule has 0 saturated carbocycles. The first-order valence-electron chi connectivity index (χ1n) is 8.94. The fourth-order valence-corrected chi connectivity index (χ4v) is 3.13. The van der Waals surface area contributed by atoms with Crippen molar-refractivity contribution in [2.45, 2.75) is 20.0 Å². The zero-order valence-corrected chi connectivity index (χ0v) is 15.6. The summed E-state index contributed by atoms with van der Waals surface area (Å²) in [4.78, 5) is 29.0. The Morgan fingerprint density at radius 1 is 1.11 bits per heavy atom. The number of nitriles is 1. The van der Waals surface area contributed by atoms with Gasteiger partial charge in [0.15, 0.2) is 0 Å². The topological polar surface area (TPSA) is 108 Å². The summed E-state index contributed by atoms with van der Waals surface area (Å²) < 4.78 is 1.35. The van der Waals surface area contributed by atoms with Gasteiger partial charge in [-0.05, 0) is 24.1 Å². The van der Waals surface area contributed by atoms with Crippen molar-refractivity contribution in [3.63, 3.8) is 0 Å². The van der Waals surface area contributed by atoms with Crippen LogP contribution in [0.4, 0.5) is 11.5 Å². The van der Waals surface area contributed by atoms with Gasteiger partial charge in [0.1, 0.15) is 11.5 Å². The number of nitrogens with zero attached hydrogens (tertiary/aromatic N) is 3. The minimum absolute atomic E-state index is 0.105. The third-order valence-corrected chi connectivity index (χ3v) is 4.59. The first-order valence-corrected chi connectivity index (χ1v) is 8.94. The van der Waals surface area contributed by atoms with Crippen LogP contribution >= 0.6 is 0 Å². The Morgan fingerprint density at radius 3 is 2.46 bits per heavy atom. The number of nitrogen functional groups attached to an aromatic ring is 1. The largest absolute Gasteiger partial charge is 0.383 e. The molecule has 0 bridgehead atoms. The maximum atomic E-state index is 12.6. The zero-order chi connectivity index (χ0) is 20.1. The molecule has 0 unspecified atom stereocenters. The van der Waals surface area contributed by atoms with E-state index in [4.69, 9.17) is 5.73 Å². The van der Waals surface area contributed by atoms with Crippen LogP contribution in [0.3, 0.4) is 0 Å². The van der Waals surface area contributed by atoms with Crippen LogP contribution in [0.25, 0.3) is 0 Å². The van der Waals surface area contributed by atoms with Gasteiger partial charge in [-0.15, -0.1) is 0 Å². The zero-order valence-electron chi connectivity index (χ0n) is 15.6. The van der Waals surface area contributed by atoms with Crippen molar-refractivity contribution in [2.24, 2.45) is 0 Å². The molecule has 7 heteroatoms. The number of nitrogens with one attached hydrogen (secondary N) is 1. The lowest BCUT2D eigenvalue weighted by molar-refractivity contribution is 0.718. The summed E-state index contributed by atoms with van der Waals surface area (Å²) in [5.41, 5.74) is 7.62. The van der Waals surface area contributed by atoms with Crippen molar-refractivity contribution >= 4 is 11.5 Å². The molecule has 1 heterocycles. The number of aromatic nitrogens is 2. The highest BCUT2D eigenvalue weighted by atomic mass is 16.2. The maximum absolute atomic E-state index is 12.6. The summed E-state index contributed by atoms with van der Waals surface area (Å²) in [6, 6.07) is 18.8. The molecule has 2 aromatic carbocycles. The van der Waals surface area contributed by atoms with E-state index in [9.17, 15) is 14.9 Å². The van der Waals surface area contributed by atoms with E-state index in [-0.39, 0.29) is 18.1 Å². The van der Waals surface area contributed by atoms with Crippen LogP contribution in [0.2, 0.25) is 0 Å². The Hall–Kier alpha value is -3.79. The molecule has 0 atom stereocenters. The van der Waals surface area contributed by atoms with Crippen LogP contribution in [0.1, 0.15) is 23.6 Å². The Kier molecular flexibility index (Phi) is 5.61. The summed E-state index contributed by atoms with van der Waals surface area (Å²) in [6.45, 7) is 2.95. The molecular weight excluding hydrogens is 354 g/mol. The molecule has 0 saturated heterocycles. The molecule has 3 rings (SSSR count). The minimum atomic E-state index is -0.552. The molecule has 142 valence electrons. The maximum Gasteiger partial charge on any atom is 0.330 e. The fourth-order valence-electron chi connectivity index (χ4n) is 3.13. The molecule has 0 aliphatic rings. The molecule has 0 spiro atoms. The lowest BCUT2D eigenvalue weighted by Gasteiger charge is -2.25. The van der Waals surface area contributed by atoms with Gasteiger partial charge in [0.25, 0.3) is 5.56 Å². The third-order valence-electron chi connectivity index (χ3n) is 4.59. The first kappa shape index (κ1) is 19.0. The van der Waals surface area contributed by atoms with Gasteiger partial charge < -0.3 is 10.6 Å². The van der Waals surface area contributed by atoms with Crippen LogP contribution in [-0.2, 0) is 13.1 Å². The van der Waals surface area contributed by atoms with Gasteiger partial charge in [0.05, 0.1) is 18.2 Å². The van der Waals surface area contributed by atoms with Crippen molar-refractivity contribution in [1.29, 1.82) is 5.26 Å². The van der Waals surface area contributed by atoms with E-state index >= 15 is 0 Å². The average Bonchev–Trinajstić information content (AvgIpc) is 2.71. The smallest absolute Gasteiger partial charge is 0.330 e. The Balaban J connectivity index is 2.04. The van der Waals surface area contributed by atoms with Crippen LogP contribution in [0.5, 0.6) is 0 Å². The normalized spacial score (nSPS) is 10.4. The van der Waals surface area contributed by atoms with Crippen LogP contribution in [0, 0.1) is 11.3 Å². The molecule has 0 radical (unpaired) electrons. The SMILES string of the molecule is CCN(Cc1ccccc1C#N)c1c(N)n(Cc2ccccc2)c(=O)[nH]c1=O. The second-order valence-electron chi connectivity index (χ2n) is 6.35. The Bertz CT molecular complexity index is 1130. The average molecular weight is 375 g/mol. The van der Waals surface area contributed by atoms with Gasteiger partial charge in [-0.2, -0.15) is 5.26 Å². The van der Waals surface area contributed by atoms with E-state index in [0.717, 1.165) is 11.1 Å². The number of hydrogen-bond donors (Lipinski definition) is 2. The predicted octanol–water partition coefficient (Wildman–Crippen LogP) is 2.07. The van der Waals surface area contributed by atoms with Gasteiger partial charge in [-0.25, -0.2) is 4.79 Å². The number of hydrogen-bond acceptors (Lipinski definition) is 5. The van der Waals surface area contributed by atoms with Gasteiger partial charge in [-0.3, -0.25) is 14.3 Å². The molecule has 3 aromatic rings. The van der Waals surface area contributed by atoms with Gasteiger partial charge in [0, 0.05) is 13.1 Å². The van der Waals surface area contributed by atoms with Crippen molar-refractivity contribution < 1.29 is 0 Å². The van der Waals surface area contributed by atoms with Crippen LogP contribution in [-0.4, -0.2) is 16.1 Å². The number of H-pyrrole nitrogens is 1. The van der Waals surface area contributed by atoms with Crippen molar-refractivity contribution in [1.82, 2.24) is 9.55 Å². The summed E-state index contributed by atoms with van der Waals surface area (Å²) in [7, 11) is 0. The number of rotatable bonds is 6. The standard InChI is InChI=1S/C21H21N5O2/c1-2-25(14-17-11-7-6-10-16(17)12-22)18-19(23)26(21(28)24-20(18)27)13-15-8-4-3-5-9-15/h3-11H,2,13-14,23H2,1H3,(H,24,27,28). The van der Waals surface area contributed by atoms with E-state index in [1.54, 1.807) is 17.0 Å². The summed E-state index contributed by atoms with van der Waals surface area (Å²) in [5.74, 6) is 0.105. The van der Waals surface area contributed by atoms with Crippen molar-refractivity contribution in [3.8, 4) is 6.07 Å². The number of benzene rings is 2. The Labute approximate surface area is 162 Å². The monoisotopic (exact) mass is 375 g/mol. The molecule has 0 aliphatic carbocycles. The second-order valence-corrected chi connectivity index (χ2v) is 6.35. The molecule has 1 aromatic heterocycles. The van der Waals surface area contributed by atoms with Crippen molar-refractivity contribution in [2.75, 3.05) is 17.2 Å². The minimum Gasteiger partial charge on any atom is -0.383 e. The molecule has 28 heavy (non-hydrogen) atoms. The molecule has 0 amide bonds. The summed E-state index contributed by atoms with van der Waals surface area (Å²) in [6.07, 6.45) is 0. The number of nitrogens with two attached hydrogens (primary N) is 1. The van der Waals surface area contributed by atoms with E-state index in [2.05, 4.69) is 11.1 Å². The lowest BCUT2D eigenvalue weighted by Crippen LogP contribution is -2.38. The van der Waals surface area contributed by atoms with Gasteiger partial charge >= 0.3 is 5.69 Å².